The highest BCUT2D eigenvalue weighted by Crippen LogP contribution is 2.43. The van der Waals surface area contributed by atoms with Crippen molar-refractivity contribution in [3.63, 3.8) is 0 Å². The lowest BCUT2D eigenvalue weighted by atomic mass is 9.92. The summed E-state index contributed by atoms with van der Waals surface area (Å²) in [4.78, 5) is 63.2. The standard InChI is InChI=1S/C64H127NO39P4.C4H10/c1-47-55(71)57(73)51(38-67)102-61(47)91-26-11-5-8-14-29-94-105(77,78)97-32-18-23-88-43-64(46-101-108(83,84)100-36-35-87-42-50(37-66)41-86-22-17-21-85-4,44-89-24-19-33-98-106(79,80)95-30-15-9-6-12-27-92-62-48(2)56(72)58(74)52(39-68)103-62)45-90-25-20-34-99-107(81,82)96-31-16-10-7-13-28-93-63-54(65-49(3)70)60(76)59(75)53(40-69)104-63;1-4(2)3/h47-48,50-63,66-69,71-76H,5-46H2,1-4H3,(H,65,70)(H,77,78)(H,79,80)(H,81,82)(H,83,84);4H,1-3H3/p-4/t47?,48?,50?,51?,52?,53?,54?,55-,56-,57+,58+,59+,60-,61-,62-,63-,64?;/m1./s1. The number of rotatable bonds is 68. The molecule has 112 heavy (non-hydrogen) atoms. The van der Waals surface area contributed by atoms with Crippen molar-refractivity contribution in [3.8, 4) is 0 Å². The van der Waals surface area contributed by atoms with E-state index < -0.39 is 213 Å². The number of hydrogen-bond acceptors (Lipinski definition) is 39. The third kappa shape index (κ3) is 47.9. The van der Waals surface area contributed by atoms with Crippen molar-refractivity contribution in [2.24, 2.45) is 29.1 Å². The first kappa shape index (κ1) is 107. The van der Waals surface area contributed by atoms with Crippen LogP contribution in [0.4, 0.5) is 0 Å². The predicted octanol–water partition coefficient (Wildman–Crippen LogP) is 0.365. The zero-order valence-corrected chi connectivity index (χ0v) is 69.7. The Morgan fingerprint density at radius 1 is 0.393 bits per heavy atom. The lowest BCUT2D eigenvalue weighted by Gasteiger charge is -2.42. The smallest absolute Gasteiger partial charge is 0.267 e. The van der Waals surface area contributed by atoms with Gasteiger partial charge in [-0.2, -0.15) is 0 Å². The van der Waals surface area contributed by atoms with Crippen molar-refractivity contribution in [1.82, 2.24) is 5.32 Å². The van der Waals surface area contributed by atoms with Crippen LogP contribution in [-0.2, 0) is 116 Å². The molecule has 3 aliphatic heterocycles. The molecule has 3 fully saturated rings. The number of carbonyl (C=O) groups is 1. The van der Waals surface area contributed by atoms with Crippen LogP contribution in [0.15, 0.2) is 0 Å². The van der Waals surface area contributed by atoms with Crippen molar-refractivity contribution in [3.05, 3.63) is 0 Å². The van der Waals surface area contributed by atoms with Crippen LogP contribution >= 0.6 is 31.3 Å². The van der Waals surface area contributed by atoms with Crippen LogP contribution < -0.4 is 24.9 Å². The summed E-state index contributed by atoms with van der Waals surface area (Å²) in [6.07, 6.45) is -7.49. The Labute approximate surface area is 658 Å². The molecule has 11 N–H and O–H groups in total. The Morgan fingerprint density at radius 3 is 1.05 bits per heavy atom. The van der Waals surface area contributed by atoms with Gasteiger partial charge in [0.25, 0.3) is 31.3 Å². The molecular formula is C68H133NO39P4-4. The maximum Gasteiger partial charge on any atom is 0.267 e. The molecule has 44 heteroatoms. The number of amides is 1. The molecule has 3 aliphatic rings. The minimum Gasteiger partial charge on any atom is -0.756 e. The van der Waals surface area contributed by atoms with Crippen LogP contribution in [0, 0.1) is 29.1 Å². The highest BCUT2D eigenvalue weighted by molar-refractivity contribution is 7.46. The summed E-state index contributed by atoms with van der Waals surface area (Å²) < 4.78 is 160. The molecule has 3 heterocycles. The van der Waals surface area contributed by atoms with Crippen molar-refractivity contribution in [2.75, 3.05) is 179 Å². The van der Waals surface area contributed by atoms with Gasteiger partial charge >= 0.3 is 0 Å². The fraction of sp³-hybridized carbons (Fsp3) is 0.985. The summed E-state index contributed by atoms with van der Waals surface area (Å²) in [5, 5.41) is 102. The van der Waals surface area contributed by atoms with Crippen LogP contribution in [0.5, 0.6) is 0 Å². The van der Waals surface area contributed by atoms with Crippen molar-refractivity contribution in [1.29, 1.82) is 0 Å². The minimum absolute atomic E-state index is 0.00316. The number of aliphatic hydroxyl groups is 10. The summed E-state index contributed by atoms with van der Waals surface area (Å²) in [7, 11) is -18.1. The number of carbonyl (C=O) groups excluding carboxylic acids is 1. The van der Waals surface area contributed by atoms with Crippen molar-refractivity contribution < 1.29 is 187 Å². The Kier molecular flexibility index (Phi) is 58.7. The average molecular weight is 1710 g/mol. The first-order chi connectivity index (χ1) is 53.2. The van der Waals surface area contributed by atoms with Gasteiger partial charge in [-0.25, -0.2) is 0 Å². The molecule has 3 rings (SSSR count). The van der Waals surface area contributed by atoms with Crippen LogP contribution in [0.3, 0.4) is 0 Å². The molecule has 0 aromatic carbocycles. The largest absolute Gasteiger partial charge is 0.756 e. The Morgan fingerprint density at radius 2 is 0.696 bits per heavy atom. The van der Waals surface area contributed by atoms with E-state index in [0.29, 0.717) is 90.3 Å². The van der Waals surface area contributed by atoms with Crippen LogP contribution in [0.25, 0.3) is 0 Å². The molecule has 1 amide bonds. The summed E-state index contributed by atoms with van der Waals surface area (Å²) >= 11 is 0. The Bertz CT molecular complexity index is 2460. The van der Waals surface area contributed by atoms with Crippen LogP contribution in [-0.4, -0.2) is 316 Å². The number of aliphatic hydroxyl groups excluding tert-OH is 10. The van der Waals surface area contributed by atoms with Crippen LogP contribution in [0.1, 0.15) is 144 Å². The predicted molar refractivity (Wildman–Crippen MR) is 388 cm³/mol. The fourth-order valence-electron chi connectivity index (χ4n) is 10.9. The molecular weight excluding hydrogens is 1580 g/mol. The summed E-state index contributed by atoms with van der Waals surface area (Å²) in [6, 6.07) is -1.11. The maximum atomic E-state index is 13.4. The molecule has 0 saturated carbocycles. The number of ether oxygens (including phenoxy) is 12. The zero-order valence-electron chi connectivity index (χ0n) is 66.1. The number of nitrogens with one attached hydrogen (secondary N) is 1. The average Bonchev–Trinajstić information content (AvgIpc) is 0.816. The summed E-state index contributed by atoms with van der Waals surface area (Å²) in [5.41, 5.74) is -1.57. The number of phosphoric ester groups is 4. The van der Waals surface area contributed by atoms with E-state index in [0.717, 1.165) is 5.92 Å². The number of methoxy groups -OCH3 is 1. The molecule has 0 spiro atoms. The first-order valence-corrected chi connectivity index (χ1v) is 44.5. The highest BCUT2D eigenvalue weighted by atomic mass is 31.2. The maximum absolute atomic E-state index is 13.4. The van der Waals surface area contributed by atoms with E-state index in [9.17, 15) is 93.7 Å². The highest BCUT2D eigenvalue weighted by Gasteiger charge is 2.46. The second-order valence-electron chi connectivity index (χ2n) is 28.3. The minimum atomic E-state index is -5.19. The van der Waals surface area contributed by atoms with Crippen molar-refractivity contribution in [2.45, 2.75) is 224 Å². The van der Waals surface area contributed by atoms with E-state index in [1.54, 1.807) is 21.0 Å². The fourth-order valence-corrected chi connectivity index (χ4v) is 14.0. The van der Waals surface area contributed by atoms with E-state index in [2.05, 4.69) is 26.1 Å². The molecule has 3 saturated heterocycles. The van der Waals surface area contributed by atoms with Gasteiger partial charge < -0.3 is 169 Å². The normalized spacial score (nSPS) is 27.3. The van der Waals surface area contributed by atoms with Gasteiger partial charge in [-0.15, -0.1) is 0 Å². The topological polar surface area (TPSA) is 577 Å². The van der Waals surface area contributed by atoms with Gasteiger partial charge in [-0.05, 0) is 70.1 Å². The number of unbranched alkanes of at least 4 members (excludes halogenated alkanes) is 9. The second kappa shape index (κ2) is 61.3. The lowest BCUT2D eigenvalue weighted by Crippen LogP contribution is -2.64. The molecule has 20 atom stereocenters. The number of hydrogen-bond donors (Lipinski definition) is 11. The number of phosphoric acid groups is 4. The molecule has 0 aromatic heterocycles. The molecule has 0 aromatic rings. The van der Waals surface area contributed by atoms with E-state index in [1.165, 1.54) is 6.92 Å². The van der Waals surface area contributed by atoms with Gasteiger partial charge in [0.05, 0.1) is 137 Å². The third-order valence-electron chi connectivity index (χ3n) is 17.2. The first-order valence-electron chi connectivity index (χ1n) is 38.6. The van der Waals surface area contributed by atoms with Gasteiger partial charge in [-0.3, -0.25) is 23.1 Å². The molecule has 11 unspecified atom stereocenters. The van der Waals surface area contributed by atoms with Crippen molar-refractivity contribution >= 4 is 37.2 Å². The molecule has 0 aliphatic carbocycles. The second-order valence-corrected chi connectivity index (χ2v) is 34.0. The van der Waals surface area contributed by atoms with Gasteiger partial charge in [0.1, 0.15) is 48.8 Å². The molecule has 40 nitrogen and oxygen atoms in total. The van der Waals surface area contributed by atoms with Gasteiger partial charge in [0, 0.05) is 84.6 Å². The van der Waals surface area contributed by atoms with Gasteiger partial charge in [0.15, 0.2) is 18.9 Å². The SMILES string of the molecule is CC(C)C.COCCCOCC(CO)COCCOP(=O)([O-])OCC(COCCCOP(=O)([O-])OCCCCCCO[C@@H]1OC(CO)[C@H](O)[C@H](O)C1C)(COCCCOP(=O)([O-])OCCCCCCO[C@@H]1OC(CO)[C@H](O)[C@H](O)C1C)COCCCOP(=O)([O-])OCCCCCCO[C@@H]1OC(CO)[C@H](O)[C@H](O)C1NC(C)=O. The van der Waals surface area contributed by atoms with Crippen LogP contribution in [0.2, 0.25) is 0 Å². The Balaban J connectivity index is 0.0000104. The van der Waals surface area contributed by atoms with E-state index >= 15 is 0 Å². The van der Waals surface area contributed by atoms with Gasteiger partial charge in [0.2, 0.25) is 5.91 Å². The quantitative estimate of drug-likeness (QED) is 0.0289. The molecule has 0 radical (unpaired) electrons. The summed E-state index contributed by atoms with van der Waals surface area (Å²) in [6.45, 7) is 5.45. The molecule has 0 bridgehead atoms. The van der Waals surface area contributed by atoms with E-state index in [4.69, 9.17) is 93.0 Å². The van der Waals surface area contributed by atoms with E-state index in [1.807, 2.05) is 0 Å². The van der Waals surface area contributed by atoms with Gasteiger partial charge in [-0.1, -0.05) is 73.1 Å². The van der Waals surface area contributed by atoms with E-state index in [-0.39, 0.29) is 112 Å². The molecule has 668 valence electrons. The monoisotopic (exact) mass is 1710 g/mol. The summed E-state index contributed by atoms with van der Waals surface area (Å²) in [5.74, 6) is -1.23. The Hall–Kier alpha value is -0.970. The zero-order chi connectivity index (χ0) is 83.4. The lowest BCUT2D eigenvalue weighted by molar-refractivity contribution is -0.282. The third-order valence-corrected chi connectivity index (χ3v) is 21.2.